The second-order valence-corrected chi connectivity index (χ2v) is 6.90. The zero-order valence-corrected chi connectivity index (χ0v) is 16.0. The van der Waals surface area contributed by atoms with Gasteiger partial charge >= 0.3 is 0 Å². The van der Waals surface area contributed by atoms with Crippen LogP contribution in [0.2, 0.25) is 0 Å². The van der Waals surface area contributed by atoms with Gasteiger partial charge in [-0.15, -0.1) is 0 Å². The molecule has 0 saturated carbocycles. The standard InChI is InChI=1S/C24H20N2O3/c1-2-26-20-6-4-3-5-18(20)19-14-17(8-9-21(19)26)25-12-11-22(27)16-7-10-23-24(13-16)29-15-28-23/h3-14,25H,2,15H2,1H3/b12-11+. The van der Waals surface area contributed by atoms with Gasteiger partial charge in [0.05, 0.1) is 0 Å². The third-order valence-electron chi connectivity index (χ3n) is 5.23. The number of ether oxygens (including phenoxy) is 2. The number of nitrogens with zero attached hydrogens (tertiary/aromatic N) is 1. The molecule has 0 spiro atoms. The molecule has 0 fully saturated rings. The molecule has 3 aromatic carbocycles. The van der Waals surface area contributed by atoms with Crippen molar-refractivity contribution in [3.8, 4) is 11.5 Å². The molecule has 0 radical (unpaired) electrons. The Labute approximate surface area is 168 Å². The number of benzene rings is 3. The van der Waals surface area contributed by atoms with Gasteiger partial charge in [-0.25, -0.2) is 0 Å². The Hall–Kier alpha value is -3.73. The number of ketones is 1. The highest BCUT2D eigenvalue weighted by molar-refractivity contribution is 6.09. The minimum atomic E-state index is -0.0977. The molecular weight excluding hydrogens is 364 g/mol. The van der Waals surface area contributed by atoms with Crippen molar-refractivity contribution in [1.29, 1.82) is 0 Å². The van der Waals surface area contributed by atoms with Gasteiger partial charge in [0.15, 0.2) is 17.3 Å². The van der Waals surface area contributed by atoms with Crippen LogP contribution < -0.4 is 14.8 Å². The average molecular weight is 384 g/mol. The van der Waals surface area contributed by atoms with E-state index in [1.54, 1.807) is 24.4 Å². The summed E-state index contributed by atoms with van der Waals surface area (Å²) in [5, 5.41) is 5.64. The zero-order valence-electron chi connectivity index (χ0n) is 16.0. The number of aromatic nitrogens is 1. The number of nitrogens with one attached hydrogen (secondary N) is 1. The maximum atomic E-state index is 12.4. The van der Waals surface area contributed by atoms with Crippen LogP contribution in [0.4, 0.5) is 5.69 Å². The summed E-state index contributed by atoms with van der Waals surface area (Å²) < 4.78 is 12.9. The highest BCUT2D eigenvalue weighted by atomic mass is 16.7. The topological polar surface area (TPSA) is 52.5 Å². The van der Waals surface area contributed by atoms with Crippen molar-refractivity contribution in [2.24, 2.45) is 0 Å². The number of carbonyl (C=O) groups is 1. The van der Waals surface area contributed by atoms with E-state index in [-0.39, 0.29) is 12.6 Å². The second-order valence-electron chi connectivity index (χ2n) is 6.90. The molecular formula is C24H20N2O3. The summed E-state index contributed by atoms with van der Waals surface area (Å²) in [5.41, 5.74) is 3.94. The molecule has 0 atom stereocenters. The molecule has 0 unspecified atom stereocenters. The minimum Gasteiger partial charge on any atom is -0.454 e. The van der Waals surface area contributed by atoms with Gasteiger partial charge in [-0.2, -0.15) is 0 Å². The molecule has 29 heavy (non-hydrogen) atoms. The number of aryl methyl sites for hydroxylation is 1. The lowest BCUT2D eigenvalue weighted by atomic mass is 10.1. The van der Waals surface area contributed by atoms with Gasteiger partial charge in [0.25, 0.3) is 0 Å². The summed E-state index contributed by atoms with van der Waals surface area (Å²) in [6.45, 7) is 3.27. The fraction of sp³-hybridized carbons (Fsp3) is 0.125. The van der Waals surface area contributed by atoms with Crippen LogP contribution in [0.3, 0.4) is 0 Å². The number of para-hydroxylation sites is 1. The molecule has 1 aliphatic heterocycles. The van der Waals surface area contributed by atoms with E-state index in [0.29, 0.717) is 17.1 Å². The molecule has 1 N–H and O–H groups in total. The summed E-state index contributed by atoms with van der Waals surface area (Å²) in [4.78, 5) is 12.4. The first-order valence-corrected chi connectivity index (χ1v) is 9.62. The maximum absolute atomic E-state index is 12.4. The van der Waals surface area contributed by atoms with Crippen molar-refractivity contribution in [2.45, 2.75) is 13.5 Å². The fourth-order valence-electron chi connectivity index (χ4n) is 3.84. The normalized spacial score (nSPS) is 12.9. The molecule has 0 bridgehead atoms. The molecule has 1 aromatic heterocycles. The van der Waals surface area contributed by atoms with E-state index >= 15 is 0 Å². The lowest BCUT2D eigenvalue weighted by Crippen LogP contribution is -1.97. The van der Waals surface area contributed by atoms with Crippen molar-refractivity contribution in [3.05, 3.63) is 78.5 Å². The van der Waals surface area contributed by atoms with Crippen molar-refractivity contribution >= 4 is 33.3 Å². The van der Waals surface area contributed by atoms with Crippen LogP contribution in [-0.2, 0) is 6.54 Å². The molecule has 1 aliphatic rings. The summed E-state index contributed by atoms with van der Waals surface area (Å²) >= 11 is 0. The van der Waals surface area contributed by atoms with Gasteiger partial charge < -0.3 is 19.4 Å². The van der Waals surface area contributed by atoms with Crippen LogP contribution in [0.1, 0.15) is 17.3 Å². The van der Waals surface area contributed by atoms with Crippen LogP contribution in [-0.4, -0.2) is 17.1 Å². The lowest BCUT2D eigenvalue weighted by molar-refractivity contribution is 0.104. The first-order valence-electron chi connectivity index (χ1n) is 9.62. The first kappa shape index (κ1) is 17.4. The smallest absolute Gasteiger partial charge is 0.231 e. The van der Waals surface area contributed by atoms with Crippen molar-refractivity contribution in [1.82, 2.24) is 4.57 Å². The van der Waals surface area contributed by atoms with E-state index in [4.69, 9.17) is 9.47 Å². The summed E-state index contributed by atoms with van der Waals surface area (Å²) in [6, 6.07) is 19.9. The largest absolute Gasteiger partial charge is 0.454 e. The van der Waals surface area contributed by atoms with Gasteiger partial charge in [0.2, 0.25) is 6.79 Å². The number of carbonyl (C=O) groups excluding carboxylic acids is 1. The quantitative estimate of drug-likeness (QED) is 0.372. The van der Waals surface area contributed by atoms with E-state index in [2.05, 4.69) is 53.2 Å². The van der Waals surface area contributed by atoms with Gasteiger partial charge in [-0.05, 0) is 49.4 Å². The Morgan fingerprint density at radius 3 is 2.72 bits per heavy atom. The van der Waals surface area contributed by atoms with Crippen molar-refractivity contribution in [2.75, 3.05) is 12.1 Å². The highest BCUT2D eigenvalue weighted by Gasteiger charge is 2.15. The number of anilines is 1. The third-order valence-corrected chi connectivity index (χ3v) is 5.23. The Bertz CT molecular complexity index is 1270. The molecule has 5 nitrogen and oxygen atoms in total. The summed E-state index contributed by atoms with van der Waals surface area (Å²) in [6.07, 6.45) is 3.20. The fourth-order valence-corrected chi connectivity index (χ4v) is 3.84. The molecule has 2 heterocycles. The lowest BCUT2D eigenvalue weighted by Gasteiger charge is -2.04. The molecule has 0 aliphatic carbocycles. The molecule has 5 heteroatoms. The van der Waals surface area contributed by atoms with Crippen molar-refractivity contribution in [3.63, 3.8) is 0 Å². The highest BCUT2D eigenvalue weighted by Crippen LogP contribution is 2.33. The predicted octanol–water partition coefficient (Wildman–Crippen LogP) is 5.35. The van der Waals surface area contributed by atoms with Crippen LogP contribution in [0, 0.1) is 0 Å². The van der Waals surface area contributed by atoms with E-state index in [0.717, 1.165) is 12.2 Å². The molecule has 0 amide bonds. The van der Waals surface area contributed by atoms with Gasteiger partial charge in [-0.3, -0.25) is 4.79 Å². The maximum Gasteiger partial charge on any atom is 0.231 e. The molecule has 5 rings (SSSR count). The minimum absolute atomic E-state index is 0.0977. The number of hydrogen-bond acceptors (Lipinski definition) is 4. The molecule has 144 valence electrons. The summed E-state index contributed by atoms with van der Waals surface area (Å²) in [5.74, 6) is 1.18. The van der Waals surface area contributed by atoms with Crippen molar-refractivity contribution < 1.29 is 14.3 Å². The Morgan fingerprint density at radius 1 is 1.00 bits per heavy atom. The van der Waals surface area contributed by atoms with E-state index in [1.807, 2.05) is 6.07 Å². The van der Waals surface area contributed by atoms with Crippen LogP contribution in [0.5, 0.6) is 11.5 Å². The Morgan fingerprint density at radius 2 is 1.83 bits per heavy atom. The number of hydrogen-bond donors (Lipinski definition) is 1. The van der Waals surface area contributed by atoms with E-state index in [9.17, 15) is 4.79 Å². The summed E-state index contributed by atoms with van der Waals surface area (Å²) in [7, 11) is 0. The Balaban J connectivity index is 1.39. The first-order chi connectivity index (χ1) is 14.2. The second kappa shape index (κ2) is 7.02. The molecule has 4 aromatic rings. The Kier molecular flexibility index (Phi) is 4.21. The number of fused-ring (bicyclic) bond motifs is 4. The average Bonchev–Trinajstić information content (AvgIpc) is 3.35. The van der Waals surface area contributed by atoms with Gasteiger partial charge in [-0.1, -0.05) is 18.2 Å². The number of allylic oxidation sites excluding steroid dienone is 1. The van der Waals surface area contributed by atoms with Crippen LogP contribution in [0.25, 0.3) is 21.8 Å². The van der Waals surface area contributed by atoms with Gasteiger partial charge in [0.1, 0.15) is 0 Å². The monoisotopic (exact) mass is 384 g/mol. The predicted molar refractivity (Wildman–Crippen MR) is 115 cm³/mol. The van der Waals surface area contributed by atoms with E-state index in [1.165, 1.54) is 27.9 Å². The SMILES string of the molecule is CCn1c2ccccc2c2cc(N/C=C/C(=O)c3ccc4c(c3)OCO4)ccc21. The third kappa shape index (κ3) is 3.01. The van der Waals surface area contributed by atoms with Crippen LogP contribution >= 0.6 is 0 Å². The van der Waals surface area contributed by atoms with Crippen LogP contribution in [0.15, 0.2) is 72.9 Å². The molecule has 0 saturated heterocycles. The number of rotatable bonds is 5. The zero-order chi connectivity index (χ0) is 19.8. The van der Waals surface area contributed by atoms with Gasteiger partial charge in [0, 0.05) is 51.9 Å². The van der Waals surface area contributed by atoms with E-state index < -0.39 is 0 Å².